The van der Waals surface area contributed by atoms with E-state index in [9.17, 15) is 9.90 Å². The number of phenolic OH excluding ortho intramolecular Hbond substituents is 1. The summed E-state index contributed by atoms with van der Waals surface area (Å²) in [5, 5.41) is 18.9. The van der Waals surface area contributed by atoms with E-state index in [2.05, 4.69) is 0 Å². The molecule has 2 aromatic carbocycles. The molecule has 0 unspecified atom stereocenters. The van der Waals surface area contributed by atoms with Crippen molar-refractivity contribution in [1.29, 1.82) is 0 Å². The molecule has 0 bridgehead atoms. The lowest BCUT2D eigenvalue weighted by Crippen LogP contribution is -1.97. The SMILES string of the molecule is O=C(O)c1cc(-c2ccc(Cl)c(O)c2)ccc1Cl. The van der Waals surface area contributed by atoms with Crippen LogP contribution in [0.1, 0.15) is 10.4 Å². The van der Waals surface area contributed by atoms with Gasteiger partial charge in [0.25, 0.3) is 0 Å². The summed E-state index contributed by atoms with van der Waals surface area (Å²) in [6, 6.07) is 9.34. The van der Waals surface area contributed by atoms with Crippen LogP contribution in [0.4, 0.5) is 0 Å². The van der Waals surface area contributed by atoms with Gasteiger partial charge in [-0.3, -0.25) is 0 Å². The van der Waals surface area contributed by atoms with Gasteiger partial charge in [0.2, 0.25) is 0 Å². The molecule has 0 aliphatic heterocycles. The van der Waals surface area contributed by atoms with Crippen LogP contribution in [0, 0.1) is 0 Å². The van der Waals surface area contributed by atoms with Crippen molar-refractivity contribution in [1.82, 2.24) is 0 Å². The minimum absolute atomic E-state index is 0.0172. The molecule has 5 heteroatoms. The van der Waals surface area contributed by atoms with Gasteiger partial charge in [0.15, 0.2) is 0 Å². The van der Waals surface area contributed by atoms with Gasteiger partial charge in [0, 0.05) is 0 Å². The fourth-order valence-corrected chi connectivity index (χ4v) is 1.88. The second-order valence-electron chi connectivity index (χ2n) is 3.67. The standard InChI is InChI=1S/C13H8Cl2O3/c14-10-3-1-7(5-9(10)13(17)18)8-2-4-11(15)12(16)6-8/h1-6,16H,(H,17,18). The quantitative estimate of drug-likeness (QED) is 0.873. The van der Waals surface area contributed by atoms with Crippen molar-refractivity contribution in [2.75, 3.05) is 0 Å². The predicted octanol–water partition coefficient (Wildman–Crippen LogP) is 4.06. The summed E-state index contributed by atoms with van der Waals surface area (Å²) in [5.41, 5.74) is 1.32. The minimum atomic E-state index is -1.10. The molecule has 3 nitrogen and oxygen atoms in total. The molecule has 0 amide bonds. The van der Waals surface area contributed by atoms with Crippen LogP contribution in [0.2, 0.25) is 10.0 Å². The summed E-state index contributed by atoms with van der Waals surface area (Å²) in [5.74, 6) is -1.15. The van der Waals surface area contributed by atoms with Crippen LogP contribution in [-0.2, 0) is 0 Å². The molecule has 18 heavy (non-hydrogen) atoms. The maximum atomic E-state index is 11.0. The van der Waals surface area contributed by atoms with Gasteiger partial charge in [-0.1, -0.05) is 35.3 Å². The first-order chi connectivity index (χ1) is 8.49. The number of aromatic hydroxyl groups is 1. The van der Waals surface area contributed by atoms with Crippen LogP contribution in [0.5, 0.6) is 5.75 Å². The molecular formula is C13H8Cl2O3. The second kappa shape index (κ2) is 4.88. The predicted molar refractivity (Wildman–Crippen MR) is 70.5 cm³/mol. The molecule has 0 saturated heterocycles. The first-order valence-electron chi connectivity index (χ1n) is 5.01. The van der Waals surface area contributed by atoms with E-state index in [0.29, 0.717) is 11.1 Å². The third-order valence-corrected chi connectivity index (χ3v) is 3.13. The Morgan fingerprint density at radius 3 is 2.06 bits per heavy atom. The zero-order valence-corrected chi connectivity index (χ0v) is 10.5. The van der Waals surface area contributed by atoms with Gasteiger partial charge in [-0.2, -0.15) is 0 Å². The van der Waals surface area contributed by atoms with Crippen molar-refractivity contribution in [3.8, 4) is 16.9 Å². The van der Waals surface area contributed by atoms with Gasteiger partial charge >= 0.3 is 5.97 Å². The molecular weight excluding hydrogens is 275 g/mol. The molecule has 0 spiro atoms. The maximum absolute atomic E-state index is 11.0. The highest BCUT2D eigenvalue weighted by molar-refractivity contribution is 6.33. The molecule has 0 saturated carbocycles. The summed E-state index contributed by atoms with van der Waals surface area (Å²) >= 11 is 11.5. The van der Waals surface area contributed by atoms with Crippen LogP contribution in [0.3, 0.4) is 0 Å². The minimum Gasteiger partial charge on any atom is -0.506 e. The number of carboxylic acids is 1. The lowest BCUT2D eigenvalue weighted by molar-refractivity contribution is 0.0697. The Labute approximate surface area is 113 Å². The normalized spacial score (nSPS) is 10.3. The van der Waals surface area contributed by atoms with E-state index in [1.165, 1.54) is 18.2 Å². The molecule has 2 aromatic rings. The van der Waals surface area contributed by atoms with Gasteiger partial charge in [0.1, 0.15) is 5.75 Å². The van der Waals surface area contributed by atoms with Gasteiger partial charge in [0.05, 0.1) is 15.6 Å². The Morgan fingerprint density at radius 2 is 1.50 bits per heavy atom. The molecule has 0 atom stereocenters. The number of hydrogen-bond donors (Lipinski definition) is 2. The van der Waals surface area contributed by atoms with Crippen molar-refractivity contribution >= 4 is 29.2 Å². The second-order valence-corrected chi connectivity index (χ2v) is 4.48. The highest BCUT2D eigenvalue weighted by Crippen LogP contribution is 2.31. The number of carbonyl (C=O) groups is 1. The molecule has 2 N–H and O–H groups in total. The summed E-state index contributed by atoms with van der Waals surface area (Å²) in [6.07, 6.45) is 0. The fraction of sp³-hybridized carbons (Fsp3) is 0. The van der Waals surface area contributed by atoms with E-state index >= 15 is 0 Å². The van der Waals surface area contributed by atoms with E-state index < -0.39 is 5.97 Å². The smallest absolute Gasteiger partial charge is 0.337 e. The van der Waals surface area contributed by atoms with E-state index in [4.69, 9.17) is 28.3 Å². The Bertz CT molecular complexity index is 624. The highest BCUT2D eigenvalue weighted by atomic mass is 35.5. The van der Waals surface area contributed by atoms with Gasteiger partial charge in [-0.05, 0) is 35.4 Å². The van der Waals surface area contributed by atoms with Crippen LogP contribution < -0.4 is 0 Å². The fourth-order valence-electron chi connectivity index (χ4n) is 1.56. The third kappa shape index (κ3) is 2.42. The van der Waals surface area contributed by atoms with Crippen LogP contribution in [0.25, 0.3) is 11.1 Å². The van der Waals surface area contributed by atoms with E-state index in [1.54, 1.807) is 18.2 Å². The number of rotatable bonds is 2. The molecule has 0 radical (unpaired) electrons. The Balaban J connectivity index is 2.54. The van der Waals surface area contributed by atoms with Gasteiger partial charge < -0.3 is 10.2 Å². The van der Waals surface area contributed by atoms with Crippen molar-refractivity contribution in [3.05, 3.63) is 52.0 Å². The maximum Gasteiger partial charge on any atom is 0.337 e. The molecule has 0 aliphatic rings. The van der Waals surface area contributed by atoms with E-state index in [1.807, 2.05) is 0 Å². The molecule has 92 valence electrons. The number of benzene rings is 2. The first-order valence-corrected chi connectivity index (χ1v) is 5.76. The van der Waals surface area contributed by atoms with Gasteiger partial charge in [-0.25, -0.2) is 4.79 Å². The molecule has 0 aliphatic carbocycles. The summed E-state index contributed by atoms with van der Waals surface area (Å²) in [6.45, 7) is 0. The zero-order valence-electron chi connectivity index (χ0n) is 9.02. The summed E-state index contributed by atoms with van der Waals surface area (Å²) in [4.78, 5) is 11.0. The van der Waals surface area contributed by atoms with Gasteiger partial charge in [-0.15, -0.1) is 0 Å². The largest absolute Gasteiger partial charge is 0.506 e. The van der Waals surface area contributed by atoms with Crippen molar-refractivity contribution < 1.29 is 15.0 Å². The van der Waals surface area contributed by atoms with Crippen molar-refractivity contribution in [2.45, 2.75) is 0 Å². The third-order valence-electron chi connectivity index (χ3n) is 2.48. The summed E-state index contributed by atoms with van der Waals surface area (Å²) in [7, 11) is 0. The molecule has 0 fully saturated rings. The number of hydrogen-bond acceptors (Lipinski definition) is 2. The topological polar surface area (TPSA) is 57.5 Å². The van der Waals surface area contributed by atoms with Crippen molar-refractivity contribution in [3.63, 3.8) is 0 Å². The number of carboxylic acid groups (broad SMARTS) is 1. The lowest BCUT2D eigenvalue weighted by atomic mass is 10.0. The van der Waals surface area contributed by atoms with Crippen LogP contribution in [-0.4, -0.2) is 16.2 Å². The van der Waals surface area contributed by atoms with E-state index in [0.717, 1.165) is 0 Å². The molecule has 0 aromatic heterocycles. The monoisotopic (exact) mass is 282 g/mol. The Kier molecular flexibility index (Phi) is 3.45. The lowest BCUT2D eigenvalue weighted by Gasteiger charge is -2.06. The number of phenols is 1. The average molecular weight is 283 g/mol. The number of halogens is 2. The zero-order chi connectivity index (χ0) is 13.3. The first kappa shape index (κ1) is 12.7. The average Bonchev–Trinajstić information content (AvgIpc) is 2.33. The van der Waals surface area contributed by atoms with E-state index in [-0.39, 0.29) is 21.4 Å². The molecule has 0 heterocycles. The molecule has 2 rings (SSSR count). The van der Waals surface area contributed by atoms with Crippen molar-refractivity contribution in [2.24, 2.45) is 0 Å². The van der Waals surface area contributed by atoms with Crippen LogP contribution in [0.15, 0.2) is 36.4 Å². The Hall–Kier alpha value is -1.71. The van der Waals surface area contributed by atoms with Crippen LogP contribution >= 0.6 is 23.2 Å². The summed E-state index contributed by atoms with van der Waals surface area (Å²) < 4.78 is 0. The Morgan fingerprint density at radius 1 is 0.944 bits per heavy atom. The number of aromatic carboxylic acids is 1. The highest BCUT2D eigenvalue weighted by Gasteiger charge is 2.11.